The van der Waals surface area contributed by atoms with Gasteiger partial charge in [0, 0.05) is 17.5 Å². The van der Waals surface area contributed by atoms with Crippen LogP contribution in [-0.4, -0.2) is 41.2 Å². The van der Waals surface area contributed by atoms with E-state index in [1.165, 1.54) is 30.6 Å². The van der Waals surface area contributed by atoms with Crippen molar-refractivity contribution in [3.8, 4) is 0 Å². The maximum atomic E-state index is 12.8. The number of carbonyl (C=O) groups excluding carboxylic acids is 1. The molecule has 0 radical (unpaired) electrons. The Balaban J connectivity index is 1.55. The van der Waals surface area contributed by atoms with E-state index < -0.39 is 0 Å². The molecule has 0 aromatic carbocycles. The molecule has 0 saturated heterocycles. The molecule has 1 saturated carbocycles. The van der Waals surface area contributed by atoms with Crippen molar-refractivity contribution >= 4 is 17.2 Å². The van der Waals surface area contributed by atoms with E-state index in [0.29, 0.717) is 23.6 Å². The van der Waals surface area contributed by atoms with E-state index in [0.717, 1.165) is 12.2 Å². The molecule has 2 aromatic heterocycles. The first-order valence-electron chi connectivity index (χ1n) is 10.7. The zero-order valence-corrected chi connectivity index (χ0v) is 19.6. The number of carbonyl (C=O) groups is 1. The lowest BCUT2D eigenvalue weighted by molar-refractivity contribution is 0.0916. The summed E-state index contributed by atoms with van der Waals surface area (Å²) in [6.07, 6.45) is 4.80. The molecule has 0 bridgehead atoms. The van der Waals surface area contributed by atoms with Crippen LogP contribution in [0.5, 0.6) is 0 Å². The average Bonchev–Trinajstić information content (AvgIpc) is 3.30. The molecule has 1 N–H and O–H groups in total. The standard InChI is InChI=1S/C23H36N4OS/c1-16-14-19(27(25-16)23(2,3)4)22(28)24-15-17-9-11-18(12-10-17)21(26(5)6)20-8-7-13-29-20/h7-8,13-14,17-18,21H,9-12,15H2,1-6H3,(H,24,28). The van der Waals surface area contributed by atoms with Crippen LogP contribution in [0.15, 0.2) is 23.6 Å². The quantitative estimate of drug-likeness (QED) is 0.732. The first kappa shape index (κ1) is 22.0. The Morgan fingerprint density at radius 1 is 1.31 bits per heavy atom. The first-order valence-corrected chi connectivity index (χ1v) is 11.6. The van der Waals surface area contributed by atoms with Crippen molar-refractivity contribution in [1.29, 1.82) is 0 Å². The molecule has 1 fully saturated rings. The van der Waals surface area contributed by atoms with Gasteiger partial charge >= 0.3 is 0 Å². The average molecular weight is 417 g/mol. The van der Waals surface area contributed by atoms with Gasteiger partial charge in [0.2, 0.25) is 0 Å². The number of aryl methyl sites for hydroxylation is 1. The Morgan fingerprint density at radius 3 is 2.55 bits per heavy atom. The number of aromatic nitrogens is 2. The summed E-state index contributed by atoms with van der Waals surface area (Å²) in [5.74, 6) is 1.25. The Morgan fingerprint density at radius 2 is 2.00 bits per heavy atom. The second-order valence-corrected chi connectivity index (χ2v) is 10.6. The first-order chi connectivity index (χ1) is 13.7. The van der Waals surface area contributed by atoms with Gasteiger partial charge in [-0.2, -0.15) is 5.10 Å². The van der Waals surface area contributed by atoms with Gasteiger partial charge in [-0.25, -0.2) is 0 Å². The molecule has 1 atom stereocenters. The Bertz CT molecular complexity index is 795. The normalized spacial score (nSPS) is 21.3. The second kappa shape index (κ2) is 9.00. The monoisotopic (exact) mass is 416 g/mol. The fraction of sp³-hybridized carbons (Fsp3) is 0.652. The summed E-state index contributed by atoms with van der Waals surface area (Å²) in [6, 6.07) is 6.82. The van der Waals surface area contributed by atoms with E-state index in [4.69, 9.17) is 0 Å². The highest BCUT2D eigenvalue weighted by atomic mass is 32.1. The van der Waals surface area contributed by atoms with Gasteiger partial charge in [-0.1, -0.05) is 6.07 Å². The molecule has 2 aromatic rings. The van der Waals surface area contributed by atoms with Crippen LogP contribution >= 0.6 is 11.3 Å². The molecule has 6 heteroatoms. The second-order valence-electron chi connectivity index (χ2n) is 9.67. The fourth-order valence-corrected chi connectivity index (χ4v) is 5.59. The van der Waals surface area contributed by atoms with Crippen LogP contribution in [-0.2, 0) is 5.54 Å². The Kier molecular flexibility index (Phi) is 6.84. The van der Waals surface area contributed by atoms with Crippen molar-refractivity contribution < 1.29 is 4.79 Å². The topological polar surface area (TPSA) is 50.2 Å². The molecule has 1 aliphatic carbocycles. The van der Waals surface area contributed by atoms with E-state index >= 15 is 0 Å². The molecule has 0 aliphatic heterocycles. The van der Waals surface area contributed by atoms with Gasteiger partial charge in [-0.3, -0.25) is 9.48 Å². The van der Waals surface area contributed by atoms with E-state index in [1.807, 2.05) is 29.0 Å². The Hall–Kier alpha value is -1.66. The molecular formula is C23H36N4OS. The number of hydrogen-bond acceptors (Lipinski definition) is 4. The van der Waals surface area contributed by atoms with Crippen LogP contribution in [0.25, 0.3) is 0 Å². The summed E-state index contributed by atoms with van der Waals surface area (Å²) in [5, 5.41) is 9.88. The van der Waals surface area contributed by atoms with Crippen molar-refractivity contribution in [2.45, 2.75) is 65.0 Å². The van der Waals surface area contributed by atoms with Gasteiger partial charge in [0.1, 0.15) is 5.69 Å². The summed E-state index contributed by atoms with van der Waals surface area (Å²) in [4.78, 5) is 16.6. The molecule has 2 heterocycles. The van der Waals surface area contributed by atoms with Crippen molar-refractivity contribution in [2.75, 3.05) is 20.6 Å². The minimum absolute atomic E-state index is 0.00704. The minimum atomic E-state index is -0.206. The summed E-state index contributed by atoms with van der Waals surface area (Å²) in [6.45, 7) is 8.92. The van der Waals surface area contributed by atoms with Crippen LogP contribution in [0.1, 0.15) is 73.6 Å². The third-order valence-electron chi connectivity index (χ3n) is 5.98. The number of amides is 1. The summed E-state index contributed by atoms with van der Waals surface area (Å²) in [7, 11) is 4.38. The molecule has 0 spiro atoms. The lowest BCUT2D eigenvalue weighted by Gasteiger charge is -2.37. The number of thiophene rings is 1. The molecule has 5 nitrogen and oxygen atoms in total. The zero-order chi connectivity index (χ0) is 21.2. The maximum Gasteiger partial charge on any atom is 0.269 e. The molecule has 3 rings (SSSR count). The third kappa shape index (κ3) is 5.28. The van der Waals surface area contributed by atoms with Gasteiger partial charge < -0.3 is 10.2 Å². The van der Waals surface area contributed by atoms with Crippen molar-refractivity contribution in [3.63, 3.8) is 0 Å². The van der Waals surface area contributed by atoms with Gasteiger partial charge in [0.25, 0.3) is 5.91 Å². The minimum Gasteiger partial charge on any atom is -0.350 e. The number of nitrogens with zero attached hydrogens (tertiary/aromatic N) is 3. The molecule has 1 amide bonds. The van der Waals surface area contributed by atoms with E-state index in [1.54, 1.807) is 0 Å². The highest BCUT2D eigenvalue weighted by Gasteiger charge is 2.31. The van der Waals surface area contributed by atoms with E-state index in [2.05, 4.69) is 67.7 Å². The zero-order valence-electron chi connectivity index (χ0n) is 18.7. The van der Waals surface area contributed by atoms with Crippen molar-refractivity contribution in [3.05, 3.63) is 39.8 Å². The van der Waals surface area contributed by atoms with Crippen molar-refractivity contribution in [1.82, 2.24) is 20.0 Å². The molecular weight excluding hydrogens is 380 g/mol. The maximum absolute atomic E-state index is 12.8. The molecule has 1 aliphatic rings. The van der Waals surface area contributed by atoms with Gasteiger partial charge in [0.15, 0.2) is 0 Å². The van der Waals surface area contributed by atoms with Crippen LogP contribution < -0.4 is 5.32 Å². The van der Waals surface area contributed by atoms with Crippen LogP contribution in [0.4, 0.5) is 0 Å². The third-order valence-corrected chi connectivity index (χ3v) is 6.92. The van der Waals surface area contributed by atoms with E-state index in [-0.39, 0.29) is 11.4 Å². The summed E-state index contributed by atoms with van der Waals surface area (Å²) < 4.78 is 1.84. The lowest BCUT2D eigenvalue weighted by Crippen LogP contribution is -2.36. The Labute approximate surface area is 179 Å². The number of rotatable bonds is 6. The fourth-order valence-electron chi connectivity index (χ4n) is 4.58. The predicted octanol–water partition coefficient (Wildman–Crippen LogP) is 4.85. The van der Waals surface area contributed by atoms with Crippen molar-refractivity contribution in [2.24, 2.45) is 11.8 Å². The molecule has 160 valence electrons. The largest absolute Gasteiger partial charge is 0.350 e. The molecule has 29 heavy (non-hydrogen) atoms. The SMILES string of the molecule is Cc1cc(C(=O)NCC2CCC(C(c3cccs3)N(C)C)CC2)n(C(C)(C)C)n1. The highest BCUT2D eigenvalue weighted by molar-refractivity contribution is 7.10. The van der Waals surface area contributed by atoms with Gasteiger partial charge in [-0.15, -0.1) is 11.3 Å². The summed E-state index contributed by atoms with van der Waals surface area (Å²) >= 11 is 1.86. The number of nitrogens with one attached hydrogen (secondary N) is 1. The summed E-state index contributed by atoms with van der Waals surface area (Å²) in [5.41, 5.74) is 1.34. The van der Waals surface area contributed by atoms with Gasteiger partial charge in [-0.05, 0) is 96.8 Å². The highest BCUT2D eigenvalue weighted by Crippen LogP contribution is 2.40. The molecule has 1 unspecified atom stereocenters. The van der Waals surface area contributed by atoms with Crippen LogP contribution in [0.3, 0.4) is 0 Å². The van der Waals surface area contributed by atoms with Crippen LogP contribution in [0.2, 0.25) is 0 Å². The van der Waals surface area contributed by atoms with E-state index in [9.17, 15) is 4.79 Å². The van der Waals surface area contributed by atoms with Crippen LogP contribution in [0, 0.1) is 18.8 Å². The lowest BCUT2D eigenvalue weighted by atomic mass is 9.77. The number of hydrogen-bond donors (Lipinski definition) is 1. The predicted molar refractivity (Wildman–Crippen MR) is 120 cm³/mol. The smallest absolute Gasteiger partial charge is 0.269 e. The van der Waals surface area contributed by atoms with Gasteiger partial charge in [0.05, 0.1) is 11.2 Å².